The van der Waals surface area contributed by atoms with E-state index in [1.165, 1.54) is 12.1 Å². The fourth-order valence-corrected chi connectivity index (χ4v) is 2.33. The first-order valence-electron chi connectivity index (χ1n) is 8.02. The van der Waals surface area contributed by atoms with Crippen LogP contribution in [0.2, 0.25) is 0 Å². The highest BCUT2D eigenvalue weighted by molar-refractivity contribution is 5.36. The number of nitrogens with one attached hydrogen (secondary N) is 1. The van der Waals surface area contributed by atoms with Crippen LogP contribution in [0.4, 0.5) is 4.39 Å². The fraction of sp³-hybridized carbons (Fsp3) is 0.647. The Kier molecular flexibility index (Phi) is 8.31. The molecule has 0 amide bonds. The zero-order valence-electron chi connectivity index (χ0n) is 13.8. The van der Waals surface area contributed by atoms with Crippen LogP contribution in [0, 0.1) is 5.82 Å². The van der Waals surface area contributed by atoms with E-state index in [1.807, 2.05) is 19.9 Å². The summed E-state index contributed by atoms with van der Waals surface area (Å²) in [5.74, 6) is 0.793. The standard InChI is InChI=1S/C15H23FN2O.C2H6/c1-12(2)14-4-3-13(16)11-15(14)19-10-9-18-7-5-17-6-8-18;1-2/h3-4,11-12,17H,5-10H2,1-2H3;1-2H3. The molecule has 0 spiro atoms. The molecule has 1 aliphatic heterocycles. The van der Waals surface area contributed by atoms with Gasteiger partial charge in [0, 0.05) is 38.8 Å². The quantitative estimate of drug-likeness (QED) is 0.902. The third-order valence-electron chi connectivity index (χ3n) is 3.47. The average Bonchev–Trinajstić information content (AvgIpc) is 2.50. The van der Waals surface area contributed by atoms with Crippen molar-refractivity contribution in [3.05, 3.63) is 29.6 Å². The first-order valence-corrected chi connectivity index (χ1v) is 8.02. The van der Waals surface area contributed by atoms with Crippen LogP contribution in [0.5, 0.6) is 5.75 Å². The normalized spacial score (nSPS) is 15.5. The van der Waals surface area contributed by atoms with Gasteiger partial charge in [-0.1, -0.05) is 33.8 Å². The highest BCUT2D eigenvalue weighted by Crippen LogP contribution is 2.27. The Morgan fingerprint density at radius 3 is 2.52 bits per heavy atom. The van der Waals surface area contributed by atoms with Gasteiger partial charge in [-0.3, -0.25) is 4.90 Å². The summed E-state index contributed by atoms with van der Waals surface area (Å²) < 4.78 is 19.1. The second-order valence-corrected chi connectivity index (χ2v) is 5.28. The fourth-order valence-electron chi connectivity index (χ4n) is 2.33. The van der Waals surface area contributed by atoms with Crippen LogP contribution in [0.25, 0.3) is 0 Å². The molecule has 0 radical (unpaired) electrons. The van der Waals surface area contributed by atoms with Crippen molar-refractivity contribution in [1.82, 2.24) is 10.2 Å². The summed E-state index contributed by atoms with van der Waals surface area (Å²) in [7, 11) is 0. The molecule has 0 saturated carbocycles. The predicted molar refractivity (Wildman–Crippen MR) is 86.6 cm³/mol. The number of ether oxygens (including phenoxy) is 1. The highest BCUT2D eigenvalue weighted by Gasteiger charge is 2.11. The molecule has 0 aliphatic carbocycles. The van der Waals surface area contributed by atoms with Gasteiger partial charge in [0.25, 0.3) is 0 Å². The molecular weight excluding hydrogens is 267 g/mol. The zero-order valence-corrected chi connectivity index (χ0v) is 13.8. The molecule has 120 valence electrons. The minimum atomic E-state index is -0.235. The maximum atomic E-state index is 13.3. The van der Waals surface area contributed by atoms with Gasteiger partial charge in [-0.05, 0) is 17.5 Å². The van der Waals surface area contributed by atoms with Crippen molar-refractivity contribution in [2.24, 2.45) is 0 Å². The van der Waals surface area contributed by atoms with E-state index >= 15 is 0 Å². The van der Waals surface area contributed by atoms with Crippen LogP contribution in [-0.4, -0.2) is 44.2 Å². The SMILES string of the molecule is CC.CC(C)c1ccc(F)cc1OCCN1CCNCC1. The molecule has 1 N–H and O–H groups in total. The lowest BCUT2D eigenvalue weighted by Gasteiger charge is -2.27. The lowest BCUT2D eigenvalue weighted by Crippen LogP contribution is -2.44. The summed E-state index contributed by atoms with van der Waals surface area (Å²) in [4.78, 5) is 2.37. The van der Waals surface area contributed by atoms with Crippen molar-refractivity contribution in [2.75, 3.05) is 39.3 Å². The molecule has 3 nitrogen and oxygen atoms in total. The second-order valence-electron chi connectivity index (χ2n) is 5.28. The van der Waals surface area contributed by atoms with E-state index < -0.39 is 0 Å². The Balaban J connectivity index is 0.00000106. The van der Waals surface area contributed by atoms with Crippen molar-refractivity contribution in [2.45, 2.75) is 33.6 Å². The van der Waals surface area contributed by atoms with E-state index in [0.717, 1.165) is 38.3 Å². The molecule has 4 heteroatoms. The first-order chi connectivity index (χ1) is 10.2. The van der Waals surface area contributed by atoms with Crippen molar-refractivity contribution in [3.63, 3.8) is 0 Å². The molecule has 1 aliphatic rings. The minimum Gasteiger partial charge on any atom is -0.492 e. The summed E-state index contributed by atoms with van der Waals surface area (Å²) in [6.45, 7) is 13.9. The largest absolute Gasteiger partial charge is 0.492 e. The monoisotopic (exact) mass is 296 g/mol. The summed E-state index contributed by atoms with van der Waals surface area (Å²) in [6, 6.07) is 4.81. The molecule has 1 heterocycles. The molecule has 1 aromatic rings. The van der Waals surface area contributed by atoms with Gasteiger partial charge >= 0.3 is 0 Å². The Hall–Kier alpha value is -1.13. The van der Waals surface area contributed by atoms with E-state index in [1.54, 1.807) is 0 Å². The highest BCUT2D eigenvalue weighted by atomic mass is 19.1. The Bertz CT molecular complexity index is 404. The van der Waals surface area contributed by atoms with E-state index in [-0.39, 0.29) is 5.82 Å². The van der Waals surface area contributed by atoms with Crippen LogP contribution in [0.15, 0.2) is 18.2 Å². The van der Waals surface area contributed by atoms with E-state index in [2.05, 4.69) is 24.1 Å². The number of hydrogen-bond acceptors (Lipinski definition) is 3. The number of hydrogen-bond donors (Lipinski definition) is 1. The number of nitrogens with zero attached hydrogens (tertiary/aromatic N) is 1. The van der Waals surface area contributed by atoms with Crippen molar-refractivity contribution >= 4 is 0 Å². The molecule has 2 rings (SSSR count). The molecule has 1 saturated heterocycles. The average molecular weight is 296 g/mol. The molecule has 21 heavy (non-hydrogen) atoms. The van der Waals surface area contributed by atoms with Gasteiger partial charge in [0.2, 0.25) is 0 Å². The molecule has 0 unspecified atom stereocenters. The summed E-state index contributed by atoms with van der Waals surface area (Å²) in [6.07, 6.45) is 0. The van der Waals surface area contributed by atoms with Gasteiger partial charge in [0.1, 0.15) is 18.2 Å². The van der Waals surface area contributed by atoms with Gasteiger partial charge in [-0.15, -0.1) is 0 Å². The van der Waals surface area contributed by atoms with Gasteiger partial charge in [-0.2, -0.15) is 0 Å². The number of piperazine rings is 1. The predicted octanol–water partition coefficient (Wildman–Crippen LogP) is 3.26. The third kappa shape index (κ3) is 6.02. The van der Waals surface area contributed by atoms with E-state index in [9.17, 15) is 4.39 Å². The van der Waals surface area contributed by atoms with Crippen LogP contribution in [-0.2, 0) is 0 Å². The smallest absolute Gasteiger partial charge is 0.126 e. The van der Waals surface area contributed by atoms with Gasteiger partial charge in [0.05, 0.1) is 0 Å². The lowest BCUT2D eigenvalue weighted by atomic mass is 10.0. The third-order valence-corrected chi connectivity index (χ3v) is 3.47. The molecule has 0 atom stereocenters. The van der Waals surface area contributed by atoms with Crippen LogP contribution >= 0.6 is 0 Å². The van der Waals surface area contributed by atoms with Crippen LogP contribution in [0.1, 0.15) is 39.2 Å². The van der Waals surface area contributed by atoms with E-state index in [0.29, 0.717) is 18.3 Å². The summed E-state index contributed by atoms with van der Waals surface area (Å²) in [5, 5.41) is 3.32. The van der Waals surface area contributed by atoms with Crippen molar-refractivity contribution in [3.8, 4) is 5.75 Å². The second kappa shape index (κ2) is 9.74. The molecule has 1 aromatic carbocycles. The zero-order chi connectivity index (χ0) is 15.7. The topological polar surface area (TPSA) is 24.5 Å². The lowest BCUT2D eigenvalue weighted by molar-refractivity contribution is 0.190. The van der Waals surface area contributed by atoms with Gasteiger partial charge in [0.15, 0.2) is 0 Å². The van der Waals surface area contributed by atoms with E-state index in [4.69, 9.17) is 4.74 Å². The number of halogens is 1. The first kappa shape index (κ1) is 17.9. The maximum Gasteiger partial charge on any atom is 0.126 e. The Morgan fingerprint density at radius 2 is 1.90 bits per heavy atom. The maximum absolute atomic E-state index is 13.3. The van der Waals surface area contributed by atoms with Crippen LogP contribution < -0.4 is 10.1 Å². The summed E-state index contributed by atoms with van der Waals surface area (Å²) in [5.41, 5.74) is 1.07. The number of rotatable bonds is 5. The van der Waals surface area contributed by atoms with Crippen molar-refractivity contribution in [1.29, 1.82) is 0 Å². The minimum absolute atomic E-state index is 0.235. The van der Waals surface area contributed by atoms with Gasteiger partial charge < -0.3 is 10.1 Å². The Morgan fingerprint density at radius 1 is 1.24 bits per heavy atom. The summed E-state index contributed by atoms with van der Waals surface area (Å²) >= 11 is 0. The molecular formula is C17H29FN2O. The molecule has 1 fully saturated rings. The molecule has 0 bridgehead atoms. The van der Waals surface area contributed by atoms with Crippen molar-refractivity contribution < 1.29 is 9.13 Å². The molecule has 0 aromatic heterocycles. The van der Waals surface area contributed by atoms with Gasteiger partial charge in [-0.25, -0.2) is 4.39 Å². The van der Waals surface area contributed by atoms with Crippen LogP contribution in [0.3, 0.4) is 0 Å². The number of benzene rings is 1. The Labute approximate surface area is 128 Å².